The van der Waals surface area contributed by atoms with E-state index in [1.807, 2.05) is 6.26 Å². The van der Waals surface area contributed by atoms with Crippen LogP contribution in [-0.2, 0) is 0 Å². The summed E-state index contributed by atoms with van der Waals surface area (Å²) in [4.78, 5) is 25.6. The van der Waals surface area contributed by atoms with Gasteiger partial charge in [-0.2, -0.15) is 11.8 Å². The minimum absolute atomic E-state index is 0.0186. The van der Waals surface area contributed by atoms with Gasteiger partial charge >= 0.3 is 5.97 Å². The quantitative estimate of drug-likeness (QED) is 0.882. The predicted octanol–water partition coefficient (Wildman–Crippen LogP) is 3.25. The van der Waals surface area contributed by atoms with Crippen molar-refractivity contribution in [3.8, 4) is 0 Å². The van der Waals surface area contributed by atoms with E-state index in [4.69, 9.17) is 0 Å². The fourth-order valence-corrected chi connectivity index (χ4v) is 4.38. The van der Waals surface area contributed by atoms with Crippen molar-refractivity contribution in [3.63, 3.8) is 0 Å². The lowest BCUT2D eigenvalue weighted by Gasteiger charge is -2.23. The van der Waals surface area contributed by atoms with Gasteiger partial charge in [0.05, 0.1) is 10.9 Å². The SMILES string of the molecule is CSC1CCN(c2c(F)c(C(=O)O)c3c(=O)ccn(C4CC4)c3c2F)C1. The van der Waals surface area contributed by atoms with Gasteiger partial charge in [-0.25, -0.2) is 13.6 Å². The average molecular weight is 380 g/mol. The molecule has 1 aromatic carbocycles. The summed E-state index contributed by atoms with van der Waals surface area (Å²) in [7, 11) is 0. The number of pyridine rings is 1. The Balaban J connectivity index is 2.05. The Morgan fingerprint density at radius 3 is 2.58 bits per heavy atom. The number of carboxylic acid groups (broad SMARTS) is 1. The number of carbonyl (C=O) groups is 1. The lowest BCUT2D eigenvalue weighted by atomic mass is 10.0. The van der Waals surface area contributed by atoms with E-state index < -0.39 is 28.6 Å². The van der Waals surface area contributed by atoms with Crippen molar-refractivity contribution in [3.05, 3.63) is 39.7 Å². The highest BCUT2D eigenvalue weighted by molar-refractivity contribution is 7.99. The predicted molar refractivity (Wildman–Crippen MR) is 97.5 cm³/mol. The lowest BCUT2D eigenvalue weighted by Crippen LogP contribution is -2.26. The molecule has 4 rings (SSSR count). The van der Waals surface area contributed by atoms with Crippen LogP contribution in [0.15, 0.2) is 17.1 Å². The largest absolute Gasteiger partial charge is 0.478 e. The third kappa shape index (κ3) is 2.58. The molecule has 2 aromatic rings. The molecule has 2 aliphatic rings. The molecule has 1 saturated heterocycles. The van der Waals surface area contributed by atoms with E-state index >= 15 is 8.78 Å². The van der Waals surface area contributed by atoms with Crippen molar-refractivity contribution in [1.29, 1.82) is 0 Å². The van der Waals surface area contributed by atoms with E-state index in [1.54, 1.807) is 21.2 Å². The van der Waals surface area contributed by atoms with E-state index in [0.717, 1.165) is 19.3 Å². The van der Waals surface area contributed by atoms with Crippen LogP contribution in [0.5, 0.6) is 0 Å². The third-order valence-electron chi connectivity index (χ3n) is 5.17. The topological polar surface area (TPSA) is 62.5 Å². The van der Waals surface area contributed by atoms with Crippen molar-refractivity contribution in [2.75, 3.05) is 24.2 Å². The van der Waals surface area contributed by atoms with Crippen LogP contribution >= 0.6 is 11.8 Å². The Kier molecular flexibility index (Phi) is 4.17. The van der Waals surface area contributed by atoms with Crippen LogP contribution in [0, 0.1) is 11.6 Å². The van der Waals surface area contributed by atoms with Crippen LogP contribution < -0.4 is 10.3 Å². The molecule has 0 radical (unpaired) electrons. The van der Waals surface area contributed by atoms with Crippen molar-refractivity contribution >= 4 is 34.3 Å². The molecule has 0 amide bonds. The lowest BCUT2D eigenvalue weighted by molar-refractivity contribution is 0.0694. The number of anilines is 1. The maximum atomic E-state index is 15.4. The molecule has 138 valence electrons. The molecule has 1 aromatic heterocycles. The summed E-state index contributed by atoms with van der Waals surface area (Å²) in [6.45, 7) is 0.893. The smallest absolute Gasteiger partial charge is 0.339 e. The van der Waals surface area contributed by atoms with Crippen LogP contribution in [0.25, 0.3) is 10.9 Å². The Bertz CT molecular complexity index is 971. The van der Waals surface area contributed by atoms with Crippen molar-refractivity contribution in [2.24, 2.45) is 0 Å². The summed E-state index contributed by atoms with van der Waals surface area (Å²) in [5.41, 5.74) is -1.83. The second-order valence-corrected chi connectivity index (χ2v) is 7.93. The standard InChI is InChI=1S/C18H18F2N2O3S/c1-26-10-4-6-21(8-10)17-14(19)13(18(24)25)12-11(23)5-7-22(9-2-3-9)16(12)15(17)20/h5,7,9-10H,2-4,6,8H2,1H3,(H,24,25). The number of fused-ring (bicyclic) bond motifs is 1. The summed E-state index contributed by atoms with van der Waals surface area (Å²) in [6.07, 6.45) is 5.84. The molecule has 1 aliphatic heterocycles. The molecule has 5 nitrogen and oxygen atoms in total. The van der Waals surface area contributed by atoms with Crippen molar-refractivity contribution in [2.45, 2.75) is 30.6 Å². The molecule has 1 N–H and O–H groups in total. The first-order valence-electron chi connectivity index (χ1n) is 8.50. The highest BCUT2D eigenvalue weighted by atomic mass is 32.2. The first-order valence-corrected chi connectivity index (χ1v) is 9.79. The van der Waals surface area contributed by atoms with Crippen LogP contribution in [0.3, 0.4) is 0 Å². The van der Waals surface area contributed by atoms with Gasteiger partial charge < -0.3 is 14.6 Å². The van der Waals surface area contributed by atoms with Gasteiger partial charge in [0, 0.05) is 36.6 Å². The van der Waals surface area contributed by atoms with Gasteiger partial charge in [-0.3, -0.25) is 4.79 Å². The van der Waals surface area contributed by atoms with Crippen molar-refractivity contribution in [1.82, 2.24) is 4.57 Å². The van der Waals surface area contributed by atoms with Gasteiger partial charge in [0.2, 0.25) is 0 Å². The maximum Gasteiger partial charge on any atom is 0.339 e. The molecule has 2 heterocycles. The van der Waals surface area contributed by atoms with Crippen LogP contribution in [-0.4, -0.2) is 40.2 Å². The molecular weight excluding hydrogens is 362 g/mol. The van der Waals surface area contributed by atoms with Gasteiger partial charge in [-0.1, -0.05) is 0 Å². The first kappa shape index (κ1) is 17.3. The van der Waals surface area contributed by atoms with Gasteiger partial charge in [-0.15, -0.1) is 0 Å². The zero-order valence-electron chi connectivity index (χ0n) is 14.2. The fraction of sp³-hybridized carbons (Fsp3) is 0.444. The Labute approximate surface area is 152 Å². The molecule has 2 fully saturated rings. The van der Waals surface area contributed by atoms with E-state index in [9.17, 15) is 14.7 Å². The number of halogens is 2. The van der Waals surface area contributed by atoms with E-state index in [1.165, 1.54) is 12.3 Å². The van der Waals surface area contributed by atoms with Gasteiger partial charge in [0.15, 0.2) is 17.1 Å². The van der Waals surface area contributed by atoms with Crippen LogP contribution in [0.1, 0.15) is 35.7 Å². The zero-order valence-corrected chi connectivity index (χ0v) is 15.0. The number of aromatic carboxylic acids is 1. The first-order chi connectivity index (χ1) is 12.4. The molecule has 0 spiro atoms. The highest BCUT2D eigenvalue weighted by Gasteiger charge is 2.35. The number of hydrogen-bond acceptors (Lipinski definition) is 4. The molecule has 1 saturated carbocycles. The number of nitrogens with zero attached hydrogens (tertiary/aromatic N) is 2. The molecule has 8 heteroatoms. The monoisotopic (exact) mass is 380 g/mol. The van der Waals surface area contributed by atoms with Gasteiger partial charge in [-0.05, 0) is 25.5 Å². The summed E-state index contributed by atoms with van der Waals surface area (Å²) >= 11 is 1.62. The number of hydrogen-bond donors (Lipinski definition) is 1. The number of carboxylic acids is 1. The average Bonchev–Trinajstić information content (AvgIpc) is 3.33. The third-order valence-corrected chi connectivity index (χ3v) is 6.22. The van der Waals surface area contributed by atoms with E-state index in [0.29, 0.717) is 13.1 Å². The number of thioether (sulfide) groups is 1. The van der Waals surface area contributed by atoms with E-state index in [2.05, 4.69) is 0 Å². The van der Waals surface area contributed by atoms with E-state index in [-0.39, 0.29) is 27.9 Å². The molecular formula is C18H18F2N2O3S. The number of aromatic nitrogens is 1. The van der Waals surface area contributed by atoms with Gasteiger partial charge in [0.1, 0.15) is 11.3 Å². The second-order valence-electron chi connectivity index (χ2n) is 6.79. The minimum Gasteiger partial charge on any atom is -0.478 e. The second kappa shape index (κ2) is 6.26. The summed E-state index contributed by atoms with van der Waals surface area (Å²) in [5.74, 6) is -3.55. The summed E-state index contributed by atoms with van der Waals surface area (Å²) < 4.78 is 32.1. The van der Waals surface area contributed by atoms with Crippen molar-refractivity contribution < 1.29 is 18.7 Å². The summed E-state index contributed by atoms with van der Waals surface area (Å²) in [5, 5.41) is 9.41. The van der Waals surface area contributed by atoms with Gasteiger partial charge in [0.25, 0.3) is 0 Å². The Morgan fingerprint density at radius 2 is 2.00 bits per heavy atom. The number of rotatable bonds is 4. The fourth-order valence-electron chi connectivity index (χ4n) is 3.71. The molecule has 1 unspecified atom stereocenters. The zero-order chi connectivity index (χ0) is 18.6. The highest BCUT2D eigenvalue weighted by Crippen LogP contribution is 2.41. The minimum atomic E-state index is -1.56. The summed E-state index contributed by atoms with van der Waals surface area (Å²) in [6, 6.07) is 1.20. The van der Waals surface area contributed by atoms with Crippen LogP contribution in [0.4, 0.5) is 14.5 Å². The number of benzene rings is 1. The Hall–Kier alpha value is -2.09. The Morgan fingerprint density at radius 1 is 1.27 bits per heavy atom. The normalized spacial score (nSPS) is 20.1. The molecule has 0 bridgehead atoms. The molecule has 26 heavy (non-hydrogen) atoms. The molecule has 1 atom stereocenters. The van der Waals surface area contributed by atoms with Crippen LogP contribution in [0.2, 0.25) is 0 Å². The molecule has 1 aliphatic carbocycles. The maximum absolute atomic E-state index is 15.4.